The molecule has 0 spiro atoms. The first kappa shape index (κ1) is 17.3. The van der Waals surface area contributed by atoms with E-state index >= 15 is 0 Å². The van der Waals surface area contributed by atoms with Gasteiger partial charge in [-0.15, -0.1) is 0 Å². The number of hydrogen-bond donors (Lipinski definition) is 2. The Morgan fingerprint density at radius 2 is 2.00 bits per heavy atom. The summed E-state index contributed by atoms with van der Waals surface area (Å²) < 4.78 is 5.38. The SMILES string of the molecule is CCc1noc(CC)c1CNC(=NC)NCc1cccc(Cl)c1. The summed E-state index contributed by atoms with van der Waals surface area (Å²) in [6, 6.07) is 7.76. The zero-order valence-electron chi connectivity index (χ0n) is 13.8. The Kier molecular flexibility index (Phi) is 6.47. The molecule has 1 heterocycles. The minimum atomic E-state index is 0.644. The maximum atomic E-state index is 6.00. The average Bonchev–Trinajstić information content (AvgIpc) is 2.97. The maximum Gasteiger partial charge on any atom is 0.191 e. The van der Waals surface area contributed by atoms with E-state index in [1.165, 1.54) is 0 Å². The molecule has 0 bridgehead atoms. The molecule has 2 aromatic rings. The van der Waals surface area contributed by atoms with Gasteiger partial charge in [0.05, 0.1) is 5.69 Å². The average molecular weight is 335 g/mol. The third-order valence-electron chi connectivity index (χ3n) is 3.61. The third-order valence-corrected chi connectivity index (χ3v) is 3.85. The van der Waals surface area contributed by atoms with E-state index in [2.05, 4.69) is 34.6 Å². The van der Waals surface area contributed by atoms with Gasteiger partial charge in [0.15, 0.2) is 5.96 Å². The van der Waals surface area contributed by atoms with Gasteiger partial charge < -0.3 is 15.2 Å². The van der Waals surface area contributed by atoms with Crippen molar-refractivity contribution >= 4 is 17.6 Å². The second-order valence-corrected chi connectivity index (χ2v) is 5.58. The maximum absolute atomic E-state index is 6.00. The summed E-state index contributed by atoms with van der Waals surface area (Å²) in [5.41, 5.74) is 3.23. The van der Waals surface area contributed by atoms with Crippen LogP contribution in [0.3, 0.4) is 0 Å². The molecule has 0 amide bonds. The first-order chi connectivity index (χ1) is 11.2. The molecule has 0 aliphatic heterocycles. The zero-order valence-corrected chi connectivity index (χ0v) is 14.6. The fourth-order valence-corrected chi connectivity index (χ4v) is 2.58. The molecule has 0 aliphatic carbocycles. The molecular weight excluding hydrogens is 312 g/mol. The van der Waals surface area contributed by atoms with Crippen molar-refractivity contribution in [1.29, 1.82) is 0 Å². The van der Waals surface area contributed by atoms with Crippen LogP contribution >= 0.6 is 11.6 Å². The van der Waals surface area contributed by atoms with Crippen LogP contribution in [0.25, 0.3) is 0 Å². The van der Waals surface area contributed by atoms with Crippen molar-refractivity contribution in [3.63, 3.8) is 0 Å². The molecule has 0 aliphatic rings. The van der Waals surface area contributed by atoms with E-state index in [-0.39, 0.29) is 0 Å². The Balaban J connectivity index is 1.94. The topological polar surface area (TPSA) is 62.5 Å². The largest absolute Gasteiger partial charge is 0.361 e. The normalized spacial score (nSPS) is 11.6. The molecule has 0 radical (unpaired) electrons. The second-order valence-electron chi connectivity index (χ2n) is 5.15. The first-order valence-electron chi connectivity index (χ1n) is 7.83. The van der Waals surface area contributed by atoms with Gasteiger partial charge in [-0.25, -0.2) is 0 Å². The van der Waals surface area contributed by atoms with Crippen LogP contribution in [0.2, 0.25) is 5.02 Å². The molecule has 2 rings (SSSR count). The van der Waals surface area contributed by atoms with Crippen molar-refractivity contribution in [1.82, 2.24) is 15.8 Å². The van der Waals surface area contributed by atoms with Crippen LogP contribution in [-0.4, -0.2) is 18.2 Å². The van der Waals surface area contributed by atoms with Crippen LogP contribution in [0, 0.1) is 0 Å². The molecule has 0 fully saturated rings. The van der Waals surface area contributed by atoms with E-state index < -0.39 is 0 Å². The van der Waals surface area contributed by atoms with Gasteiger partial charge in [-0.2, -0.15) is 0 Å². The van der Waals surface area contributed by atoms with Crippen molar-refractivity contribution in [3.05, 3.63) is 51.9 Å². The summed E-state index contributed by atoms with van der Waals surface area (Å²) in [6.45, 7) is 5.44. The van der Waals surface area contributed by atoms with Gasteiger partial charge in [-0.1, -0.05) is 42.7 Å². The van der Waals surface area contributed by atoms with Gasteiger partial charge in [0, 0.05) is 37.1 Å². The molecule has 1 aromatic carbocycles. The highest BCUT2D eigenvalue weighted by molar-refractivity contribution is 6.30. The lowest BCUT2D eigenvalue weighted by Gasteiger charge is -2.12. The molecule has 1 aromatic heterocycles. The van der Waals surface area contributed by atoms with Gasteiger partial charge >= 0.3 is 0 Å². The van der Waals surface area contributed by atoms with Gasteiger partial charge in [0.25, 0.3) is 0 Å². The van der Waals surface area contributed by atoms with E-state index in [4.69, 9.17) is 16.1 Å². The quantitative estimate of drug-likeness (QED) is 0.628. The number of halogens is 1. The van der Waals surface area contributed by atoms with E-state index in [1.807, 2.05) is 24.3 Å². The van der Waals surface area contributed by atoms with E-state index in [0.717, 1.165) is 46.4 Å². The van der Waals surface area contributed by atoms with Gasteiger partial charge in [0.2, 0.25) is 0 Å². The highest BCUT2D eigenvalue weighted by Crippen LogP contribution is 2.15. The summed E-state index contributed by atoms with van der Waals surface area (Å²) in [4.78, 5) is 4.25. The molecule has 0 atom stereocenters. The molecule has 6 heteroatoms. The molecular formula is C17H23ClN4O. The lowest BCUT2D eigenvalue weighted by atomic mass is 10.1. The highest BCUT2D eigenvalue weighted by Gasteiger charge is 2.13. The van der Waals surface area contributed by atoms with Crippen molar-refractivity contribution in [3.8, 4) is 0 Å². The number of aryl methyl sites for hydroxylation is 2. The number of aromatic nitrogens is 1. The van der Waals surface area contributed by atoms with Crippen LogP contribution in [-0.2, 0) is 25.9 Å². The zero-order chi connectivity index (χ0) is 16.7. The number of nitrogens with one attached hydrogen (secondary N) is 2. The Morgan fingerprint density at radius 1 is 1.22 bits per heavy atom. The molecule has 0 saturated heterocycles. The summed E-state index contributed by atoms with van der Waals surface area (Å²) >= 11 is 6.00. The van der Waals surface area contributed by atoms with Crippen molar-refractivity contribution < 1.29 is 4.52 Å². The van der Waals surface area contributed by atoms with E-state index in [1.54, 1.807) is 7.05 Å². The number of rotatable bonds is 6. The third kappa shape index (κ3) is 4.73. The van der Waals surface area contributed by atoms with Crippen LogP contribution in [0.5, 0.6) is 0 Å². The van der Waals surface area contributed by atoms with E-state index in [9.17, 15) is 0 Å². The van der Waals surface area contributed by atoms with Gasteiger partial charge in [0.1, 0.15) is 5.76 Å². The fourth-order valence-electron chi connectivity index (χ4n) is 2.36. The number of hydrogen-bond acceptors (Lipinski definition) is 3. The number of aliphatic imine (C=N–C) groups is 1. The first-order valence-corrected chi connectivity index (χ1v) is 8.20. The molecule has 23 heavy (non-hydrogen) atoms. The Hall–Kier alpha value is -2.01. The Morgan fingerprint density at radius 3 is 2.65 bits per heavy atom. The Labute approximate surface area is 142 Å². The van der Waals surface area contributed by atoms with Crippen LogP contribution in [0.4, 0.5) is 0 Å². The molecule has 2 N–H and O–H groups in total. The predicted molar refractivity (Wildman–Crippen MR) is 93.7 cm³/mol. The number of nitrogens with zero attached hydrogens (tertiary/aromatic N) is 2. The monoisotopic (exact) mass is 334 g/mol. The lowest BCUT2D eigenvalue weighted by molar-refractivity contribution is 0.380. The second kappa shape index (κ2) is 8.58. The van der Waals surface area contributed by atoms with Crippen LogP contribution in [0.1, 0.15) is 36.4 Å². The molecule has 124 valence electrons. The van der Waals surface area contributed by atoms with Crippen molar-refractivity contribution in [2.75, 3.05) is 7.05 Å². The smallest absolute Gasteiger partial charge is 0.191 e. The summed E-state index contributed by atoms with van der Waals surface area (Å²) in [5.74, 6) is 1.66. The summed E-state index contributed by atoms with van der Waals surface area (Å²) in [5, 5.41) is 11.4. The predicted octanol–water partition coefficient (Wildman–Crippen LogP) is 3.32. The van der Waals surface area contributed by atoms with Gasteiger partial charge in [-0.05, 0) is 24.1 Å². The summed E-state index contributed by atoms with van der Waals surface area (Å²) in [6.07, 6.45) is 1.69. The molecule has 0 unspecified atom stereocenters. The highest BCUT2D eigenvalue weighted by atomic mass is 35.5. The number of benzene rings is 1. The molecule has 5 nitrogen and oxygen atoms in total. The van der Waals surface area contributed by atoms with Crippen LogP contribution < -0.4 is 10.6 Å². The van der Waals surface area contributed by atoms with Crippen molar-refractivity contribution in [2.45, 2.75) is 39.8 Å². The fraction of sp³-hybridized carbons (Fsp3) is 0.412. The van der Waals surface area contributed by atoms with E-state index in [0.29, 0.717) is 13.1 Å². The standard InChI is InChI=1S/C17H23ClN4O/c1-4-15-14(16(5-2)23-22-15)11-21-17(19-3)20-10-12-7-6-8-13(18)9-12/h6-9H,4-5,10-11H2,1-3H3,(H2,19,20,21). The van der Waals surface area contributed by atoms with Crippen LogP contribution in [0.15, 0.2) is 33.8 Å². The minimum Gasteiger partial charge on any atom is -0.361 e. The lowest BCUT2D eigenvalue weighted by Crippen LogP contribution is -2.36. The molecule has 0 saturated carbocycles. The summed E-state index contributed by atoms with van der Waals surface area (Å²) in [7, 11) is 1.75. The number of guanidine groups is 1. The minimum absolute atomic E-state index is 0.644. The van der Waals surface area contributed by atoms with Crippen molar-refractivity contribution in [2.24, 2.45) is 4.99 Å². The van der Waals surface area contributed by atoms with Gasteiger partial charge in [-0.3, -0.25) is 4.99 Å². The Bertz CT molecular complexity index is 645.